The predicted octanol–water partition coefficient (Wildman–Crippen LogP) is 3.99. The molecule has 146 valence electrons. The molecule has 4 aromatic rings. The van der Waals surface area contributed by atoms with Gasteiger partial charge in [0.2, 0.25) is 0 Å². The SMILES string of the molecule is CCCCc1c(O)[n+](-c2ccc(C)cc2)c2ccc(-c3ccccc3)nn2c1=O. The van der Waals surface area contributed by atoms with Crippen LogP contribution in [0.3, 0.4) is 0 Å². The molecule has 0 spiro atoms. The van der Waals surface area contributed by atoms with Gasteiger partial charge in [0.15, 0.2) is 0 Å². The second-order valence-electron chi connectivity index (χ2n) is 7.24. The van der Waals surface area contributed by atoms with Gasteiger partial charge in [-0.05, 0) is 38.0 Å². The van der Waals surface area contributed by atoms with Crippen molar-refractivity contribution < 1.29 is 9.67 Å². The zero-order valence-corrected chi connectivity index (χ0v) is 16.7. The number of fused-ring (bicyclic) bond motifs is 1. The van der Waals surface area contributed by atoms with E-state index in [9.17, 15) is 9.90 Å². The number of aromatic nitrogens is 3. The molecule has 0 aliphatic rings. The highest BCUT2D eigenvalue weighted by atomic mass is 16.3. The summed E-state index contributed by atoms with van der Waals surface area (Å²) in [5.74, 6) is -0.0124. The Kier molecular flexibility index (Phi) is 5.12. The molecule has 0 aliphatic carbocycles. The Labute approximate surface area is 169 Å². The van der Waals surface area contributed by atoms with Crippen LogP contribution in [-0.4, -0.2) is 14.7 Å². The molecule has 0 saturated heterocycles. The molecule has 5 heteroatoms. The summed E-state index contributed by atoms with van der Waals surface area (Å²) in [6.45, 7) is 4.08. The van der Waals surface area contributed by atoms with E-state index in [0.29, 0.717) is 23.3 Å². The van der Waals surface area contributed by atoms with Gasteiger partial charge in [0.1, 0.15) is 16.9 Å². The van der Waals surface area contributed by atoms with Crippen LogP contribution < -0.4 is 10.1 Å². The van der Waals surface area contributed by atoms with Gasteiger partial charge in [-0.2, -0.15) is 4.57 Å². The van der Waals surface area contributed by atoms with Crippen LogP contribution in [0, 0.1) is 6.92 Å². The summed E-state index contributed by atoms with van der Waals surface area (Å²) >= 11 is 0. The van der Waals surface area contributed by atoms with E-state index in [1.807, 2.05) is 73.7 Å². The Morgan fingerprint density at radius 2 is 1.72 bits per heavy atom. The molecule has 0 amide bonds. The topological polar surface area (TPSA) is 58.5 Å². The van der Waals surface area contributed by atoms with E-state index >= 15 is 0 Å². The third-order valence-corrected chi connectivity index (χ3v) is 5.12. The summed E-state index contributed by atoms with van der Waals surface area (Å²) < 4.78 is 3.11. The van der Waals surface area contributed by atoms with Gasteiger partial charge in [-0.1, -0.05) is 71.0 Å². The Balaban J connectivity index is 2.02. The minimum absolute atomic E-state index is 0.0124. The molecule has 5 nitrogen and oxygen atoms in total. The molecular weight excluding hydrogens is 362 g/mol. The molecule has 1 N–H and O–H groups in total. The Morgan fingerprint density at radius 3 is 2.41 bits per heavy atom. The van der Waals surface area contributed by atoms with Gasteiger partial charge >= 0.3 is 11.2 Å². The molecule has 2 heterocycles. The third kappa shape index (κ3) is 3.51. The van der Waals surface area contributed by atoms with Gasteiger partial charge in [-0.25, -0.2) is 4.79 Å². The Hall–Kier alpha value is -3.47. The number of rotatable bonds is 5. The lowest BCUT2D eigenvalue weighted by Gasteiger charge is -2.10. The molecule has 29 heavy (non-hydrogen) atoms. The second kappa shape index (κ2) is 7.87. The quantitative estimate of drug-likeness (QED) is 0.528. The molecule has 2 aromatic carbocycles. The largest absolute Gasteiger partial charge is 0.477 e. The van der Waals surface area contributed by atoms with Crippen molar-refractivity contribution in [3.63, 3.8) is 0 Å². The van der Waals surface area contributed by atoms with Crippen molar-refractivity contribution >= 4 is 5.65 Å². The highest BCUT2D eigenvalue weighted by Crippen LogP contribution is 2.19. The lowest BCUT2D eigenvalue weighted by Crippen LogP contribution is -2.40. The van der Waals surface area contributed by atoms with Crippen LogP contribution in [0.15, 0.2) is 71.5 Å². The lowest BCUT2D eigenvalue weighted by atomic mass is 10.1. The Morgan fingerprint density at radius 1 is 1.00 bits per heavy atom. The maximum absolute atomic E-state index is 13.2. The van der Waals surface area contributed by atoms with Gasteiger partial charge in [0.05, 0.1) is 0 Å². The number of aryl methyl sites for hydroxylation is 1. The molecule has 0 saturated carbocycles. The summed E-state index contributed by atoms with van der Waals surface area (Å²) in [6, 6.07) is 21.3. The van der Waals surface area contributed by atoms with Crippen LogP contribution in [0.1, 0.15) is 30.9 Å². The lowest BCUT2D eigenvalue weighted by molar-refractivity contribution is -0.581. The third-order valence-electron chi connectivity index (χ3n) is 5.12. The maximum atomic E-state index is 13.2. The Bertz CT molecular complexity index is 1210. The second-order valence-corrected chi connectivity index (χ2v) is 7.24. The standard InChI is InChI=1S/C24H23N3O2/c1-3-4-10-20-23(28)26(19-13-11-17(2)12-14-19)22-16-15-21(25-27(22)24(20)29)18-8-6-5-7-9-18/h5-9,11-16H,3-4,10H2,1-2H3/p+1. The van der Waals surface area contributed by atoms with Crippen molar-refractivity contribution in [2.45, 2.75) is 33.1 Å². The van der Waals surface area contributed by atoms with Gasteiger partial charge in [-0.15, -0.1) is 0 Å². The van der Waals surface area contributed by atoms with E-state index in [4.69, 9.17) is 0 Å². The fourth-order valence-corrected chi connectivity index (χ4v) is 3.49. The van der Waals surface area contributed by atoms with Crippen molar-refractivity contribution in [3.8, 4) is 22.8 Å². The number of nitrogens with zero attached hydrogens (tertiary/aromatic N) is 3. The smallest absolute Gasteiger partial charge is 0.370 e. The van der Waals surface area contributed by atoms with Crippen LogP contribution in [0.5, 0.6) is 5.88 Å². The number of benzene rings is 2. The first-order valence-corrected chi connectivity index (χ1v) is 9.92. The summed E-state index contributed by atoms with van der Waals surface area (Å²) in [5, 5.41) is 15.7. The first kappa shape index (κ1) is 18.9. The molecule has 0 fully saturated rings. The zero-order valence-electron chi connectivity index (χ0n) is 16.7. The molecule has 2 aromatic heterocycles. The first-order chi connectivity index (χ1) is 14.1. The number of hydrogen-bond acceptors (Lipinski definition) is 3. The number of unbranched alkanes of at least 4 members (excludes halogenated alkanes) is 1. The van der Waals surface area contributed by atoms with E-state index in [-0.39, 0.29) is 11.4 Å². The normalized spacial score (nSPS) is 11.1. The molecule has 0 radical (unpaired) electrons. The predicted molar refractivity (Wildman–Crippen MR) is 113 cm³/mol. The van der Waals surface area contributed by atoms with Crippen molar-refractivity contribution in [1.29, 1.82) is 0 Å². The van der Waals surface area contributed by atoms with Crippen LogP contribution in [-0.2, 0) is 6.42 Å². The molecule has 0 atom stereocenters. The van der Waals surface area contributed by atoms with Crippen molar-refractivity contribution in [2.75, 3.05) is 0 Å². The van der Waals surface area contributed by atoms with Gasteiger partial charge in [-0.3, -0.25) is 0 Å². The molecule has 0 aliphatic heterocycles. The zero-order chi connectivity index (χ0) is 20.4. The van der Waals surface area contributed by atoms with Crippen molar-refractivity contribution in [3.05, 3.63) is 88.2 Å². The van der Waals surface area contributed by atoms with E-state index in [2.05, 4.69) is 12.0 Å². The minimum atomic E-state index is -0.271. The molecule has 4 rings (SSSR count). The number of aromatic hydroxyl groups is 1. The minimum Gasteiger partial charge on any atom is -0.477 e. The van der Waals surface area contributed by atoms with Gasteiger partial charge in [0, 0.05) is 11.6 Å². The summed E-state index contributed by atoms with van der Waals surface area (Å²) in [7, 11) is 0. The van der Waals surface area contributed by atoms with E-state index < -0.39 is 0 Å². The highest BCUT2D eigenvalue weighted by Gasteiger charge is 2.26. The number of hydrogen-bond donors (Lipinski definition) is 1. The van der Waals surface area contributed by atoms with Crippen molar-refractivity contribution in [1.82, 2.24) is 9.61 Å². The molecule has 0 bridgehead atoms. The summed E-state index contributed by atoms with van der Waals surface area (Å²) in [4.78, 5) is 13.2. The van der Waals surface area contributed by atoms with Crippen LogP contribution in [0.2, 0.25) is 0 Å². The molecular formula is C24H24N3O2+. The van der Waals surface area contributed by atoms with E-state index in [1.54, 1.807) is 4.57 Å². The van der Waals surface area contributed by atoms with Crippen LogP contribution >= 0.6 is 0 Å². The first-order valence-electron chi connectivity index (χ1n) is 9.92. The van der Waals surface area contributed by atoms with Gasteiger partial charge in [0.25, 0.3) is 5.88 Å². The molecule has 0 unspecified atom stereocenters. The fraction of sp³-hybridized carbons (Fsp3) is 0.208. The average molecular weight is 386 g/mol. The van der Waals surface area contributed by atoms with Gasteiger partial charge < -0.3 is 5.11 Å². The van der Waals surface area contributed by atoms with Crippen LogP contribution in [0.25, 0.3) is 22.6 Å². The van der Waals surface area contributed by atoms with Crippen molar-refractivity contribution in [2.24, 2.45) is 0 Å². The maximum Gasteiger partial charge on any atom is 0.370 e. The fourth-order valence-electron chi connectivity index (χ4n) is 3.49. The monoisotopic (exact) mass is 386 g/mol. The summed E-state index contributed by atoms with van der Waals surface area (Å²) in [6.07, 6.45) is 2.26. The summed E-state index contributed by atoms with van der Waals surface area (Å²) in [5.41, 5.74) is 4.21. The highest BCUT2D eigenvalue weighted by molar-refractivity contribution is 5.59. The average Bonchev–Trinajstić information content (AvgIpc) is 2.75. The van der Waals surface area contributed by atoms with E-state index in [1.165, 1.54) is 4.52 Å². The van der Waals surface area contributed by atoms with Crippen LogP contribution in [0.4, 0.5) is 0 Å². The van der Waals surface area contributed by atoms with E-state index in [0.717, 1.165) is 29.7 Å².